The van der Waals surface area contributed by atoms with Crippen LogP contribution in [0.15, 0.2) is 109 Å². The van der Waals surface area contributed by atoms with E-state index in [1.807, 2.05) is 72.8 Å². The van der Waals surface area contributed by atoms with E-state index in [4.69, 9.17) is 18.9 Å². The first-order valence-electron chi connectivity index (χ1n) is 17.0. The summed E-state index contributed by atoms with van der Waals surface area (Å²) in [5.41, 5.74) is 3.00. The molecule has 4 aliphatic rings. The van der Waals surface area contributed by atoms with Crippen molar-refractivity contribution in [1.29, 1.82) is 0 Å². The lowest BCUT2D eigenvalue weighted by Crippen LogP contribution is -2.60. The van der Waals surface area contributed by atoms with Gasteiger partial charge in [-0.05, 0) is 16.7 Å². The highest BCUT2D eigenvalue weighted by atomic mass is 16.5. The van der Waals surface area contributed by atoms with Gasteiger partial charge >= 0.3 is 0 Å². The van der Waals surface area contributed by atoms with Crippen LogP contribution < -0.4 is 29.6 Å². The Balaban J connectivity index is 1.44. The van der Waals surface area contributed by atoms with Gasteiger partial charge in [0.1, 0.15) is 34.0 Å². The van der Waals surface area contributed by atoms with Crippen LogP contribution in [0.25, 0.3) is 5.57 Å². The summed E-state index contributed by atoms with van der Waals surface area (Å²) in [6, 6.07) is 31.2. The Hall–Kier alpha value is -6.35. The van der Waals surface area contributed by atoms with Crippen LogP contribution in [0.2, 0.25) is 0 Å². The lowest BCUT2D eigenvalue weighted by atomic mass is 9.54. The van der Waals surface area contributed by atoms with Gasteiger partial charge in [-0.2, -0.15) is 0 Å². The Labute approximate surface area is 300 Å². The highest BCUT2D eigenvalue weighted by Crippen LogP contribution is 2.69. The Morgan fingerprint density at radius 3 is 1.94 bits per heavy atom. The second-order valence-electron chi connectivity index (χ2n) is 13.5. The number of benzene rings is 5. The monoisotopic (exact) mass is 690 g/mol. The van der Waals surface area contributed by atoms with E-state index in [2.05, 4.69) is 10.6 Å². The molecule has 1 heterocycles. The number of hydrogen-bond donors (Lipinski definition) is 2. The molecule has 0 saturated heterocycles. The molecule has 1 unspecified atom stereocenters. The molecule has 258 valence electrons. The molecule has 9 rings (SSSR count). The van der Waals surface area contributed by atoms with E-state index in [1.165, 1.54) is 0 Å². The summed E-state index contributed by atoms with van der Waals surface area (Å²) in [5, 5.41) is 7.14. The van der Waals surface area contributed by atoms with Crippen molar-refractivity contribution >= 4 is 34.3 Å². The minimum absolute atomic E-state index is 0.125. The van der Waals surface area contributed by atoms with Crippen LogP contribution in [0.1, 0.15) is 59.2 Å². The van der Waals surface area contributed by atoms with E-state index < -0.39 is 16.9 Å². The van der Waals surface area contributed by atoms with Gasteiger partial charge in [-0.15, -0.1) is 0 Å². The van der Waals surface area contributed by atoms with Gasteiger partial charge in [0.25, 0.3) is 0 Å². The molecule has 0 radical (unpaired) electrons. The van der Waals surface area contributed by atoms with Gasteiger partial charge in [0, 0.05) is 81.9 Å². The number of ketones is 3. The standard InChI is InChI=1S/C43H34N2O7/c1-49-25-17-24(18-26(19-25)50-2)44-37-35(29-13-7-8-14-30(29)38(37)46)43-36-33(20-27(51-3)21-34(36)52-4)45-42(22-23-11-5-6-12-28(23)40(42)47)39(43)31-15-9-10-16-32(31)41(43)48/h5-21,39,45H,22H2,1-4H3,(H,44,46)/t39-,42?,43-/m0/s1. The van der Waals surface area contributed by atoms with Gasteiger partial charge in [-0.25, -0.2) is 0 Å². The molecule has 2 N–H and O–H groups in total. The summed E-state index contributed by atoms with van der Waals surface area (Å²) < 4.78 is 23.0. The first-order valence-corrected chi connectivity index (χ1v) is 17.0. The van der Waals surface area contributed by atoms with Gasteiger partial charge in [0.2, 0.25) is 5.78 Å². The fraction of sp³-hybridized carbons (Fsp3) is 0.186. The van der Waals surface area contributed by atoms with Gasteiger partial charge in [-0.1, -0.05) is 72.8 Å². The normalized spacial score (nSPS) is 21.9. The predicted molar refractivity (Wildman–Crippen MR) is 196 cm³/mol. The smallest absolute Gasteiger partial charge is 0.210 e. The molecule has 5 aromatic carbocycles. The molecule has 3 aliphatic carbocycles. The number of anilines is 2. The molecular formula is C43H34N2O7. The van der Waals surface area contributed by atoms with Crippen molar-refractivity contribution in [3.63, 3.8) is 0 Å². The Morgan fingerprint density at radius 1 is 0.654 bits per heavy atom. The van der Waals surface area contributed by atoms with E-state index >= 15 is 9.59 Å². The fourth-order valence-electron chi connectivity index (χ4n) is 9.18. The fourth-order valence-corrected chi connectivity index (χ4v) is 9.18. The molecule has 9 heteroatoms. The van der Waals surface area contributed by atoms with Crippen LogP contribution >= 0.6 is 0 Å². The van der Waals surface area contributed by atoms with Crippen LogP contribution in [0.4, 0.5) is 11.4 Å². The SMILES string of the molecule is COc1cc(NC2=C([C@@]34C(=O)c5ccccc5[C@H]3C3(Cc5ccccc5C3=O)Nc3cc(OC)cc(OC)c34)c3ccccc3C2=O)cc(OC)c1. The number of carbonyl (C=O) groups is 3. The summed E-state index contributed by atoms with van der Waals surface area (Å²) in [7, 11) is 6.22. The summed E-state index contributed by atoms with van der Waals surface area (Å²) in [6.07, 6.45) is 0.313. The molecule has 9 nitrogen and oxygen atoms in total. The van der Waals surface area contributed by atoms with Crippen molar-refractivity contribution < 1.29 is 33.3 Å². The third kappa shape index (κ3) is 4.01. The van der Waals surface area contributed by atoms with Crippen LogP contribution in [-0.2, 0) is 11.8 Å². The number of hydrogen-bond acceptors (Lipinski definition) is 9. The maximum Gasteiger partial charge on any atom is 0.210 e. The molecule has 1 aliphatic heterocycles. The van der Waals surface area contributed by atoms with E-state index in [0.29, 0.717) is 74.2 Å². The summed E-state index contributed by atoms with van der Waals surface area (Å²) >= 11 is 0. The average molecular weight is 691 g/mol. The van der Waals surface area contributed by atoms with E-state index in [9.17, 15) is 4.79 Å². The van der Waals surface area contributed by atoms with Crippen LogP contribution in [0.3, 0.4) is 0 Å². The van der Waals surface area contributed by atoms with Gasteiger partial charge in [0.05, 0.1) is 34.1 Å². The van der Waals surface area contributed by atoms with Crippen molar-refractivity contribution in [3.05, 3.63) is 148 Å². The molecule has 0 amide bonds. The number of fused-ring (bicyclic) bond motifs is 8. The van der Waals surface area contributed by atoms with Gasteiger partial charge < -0.3 is 29.6 Å². The molecular weight excluding hydrogens is 656 g/mol. The zero-order chi connectivity index (χ0) is 35.9. The predicted octanol–water partition coefficient (Wildman–Crippen LogP) is 7.26. The topological polar surface area (TPSA) is 112 Å². The van der Waals surface area contributed by atoms with E-state index in [1.54, 1.807) is 58.8 Å². The van der Waals surface area contributed by atoms with Crippen LogP contribution in [0, 0.1) is 0 Å². The maximum absolute atomic E-state index is 15.9. The van der Waals surface area contributed by atoms with Crippen molar-refractivity contribution in [2.75, 3.05) is 39.1 Å². The molecule has 0 bridgehead atoms. The zero-order valence-corrected chi connectivity index (χ0v) is 29.0. The van der Waals surface area contributed by atoms with E-state index in [-0.39, 0.29) is 23.0 Å². The Bertz CT molecular complexity index is 2410. The second kappa shape index (κ2) is 11.3. The maximum atomic E-state index is 15.9. The summed E-state index contributed by atoms with van der Waals surface area (Å²) in [5.74, 6) is 0.456. The highest BCUT2D eigenvalue weighted by molar-refractivity contribution is 6.31. The van der Waals surface area contributed by atoms with Crippen molar-refractivity contribution in [2.24, 2.45) is 0 Å². The number of carbonyl (C=O) groups excluding carboxylic acids is 3. The summed E-state index contributed by atoms with van der Waals surface area (Å²) in [4.78, 5) is 45.9. The molecule has 5 aromatic rings. The molecule has 1 spiro atoms. The molecule has 3 atom stereocenters. The average Bonchev–Trinajstić information content (AvgIpc) is 3.73. The highest BCUT2D eigenvalue weighted by Gasteiger charge is 2.71. The van der Waals surface area contributed by atoms with Crippen LogP contribution in [-0.4, -0.2) is 51.3 Å². The van der Waals surface area contributed by atoms with Crippen LogP contribution in [0.5, 0.6) is 23.0 Å². The van der Waals surface area contributed by atoms with Crippen molar-refractivity contribution in [1.82, 2.24) is 0 Å². The number of methoxy groups -OCH3 is 4. The first kappa shape index (κ1) is 31.6. The molecule has 0 saturated carbocycles. The number of Topliss-reactive ketones (excluding diaryl/α,β-unsaturated/α-hetero) is 3. The largest absolute Gasteiger partial charge is 0.497 e. The van der Waals surface area contributed by atoms with Gasteiger partial charge in [-0.3, -0.25) is 14.4 Å². The number of nitrogens with one attached hydrogen (secondary N) is 2. The minimum Gasteiger partial charge on any atom is -0.497 e. The first-order chi connectivity index (χ1) is 25.3. The van der Waals surface area contributed by atoms with Crippen molar-refractivity contribution in [3.8, 4) is 23.0 Å². The lowest BCUT2D eigenvalue weighted by molar-refractivity contribution is 0.0829. The van der Waals surface area contributed by atoms with Crippen molar-refractivity contribution in [2.45, 2.75) is 23.3 Å². The Kier molecular flexibility index (Phi) is 6.89. The third-order valence-electron chi connectivity index (χ3n) is 11.2. The number of allylic oxidation sites excluding steroid dienone is 2. The molecule has 0 fully saturated rings. The quantitative estimate of drug-likeness (QED) is 0.182. The number of ether oxygens (including phenoxy) is 4. The molecule has 0 aromatic heterocycles. The zero-order valence-electron chi connectivity index (χ0n) is 29.0. The second-order valence-corrected chi connectivity index (χ2v) is 13.5. The minimum atomic E-state index is -1.63. The van der Waals surface area contributed by atoms with Gasteiger partial charge in [0.15, 0.2) is 11.6 Å². The van der Waals surface area contributed by atoms with E-state index in [0.717, 1.165) is 11.1 Å². The lowest BCUT2D eigenvalue weighted by Gasteiger charge is -2.51. The molecule has 52 heavy (non-hydrogen) atoms. The Morgan fingerprint density at radius 2 is 1.27 bits per heavy atom. The number of rotatable bonds is 7. The summed E-state index contributed by atoms with van der Waals surface area (Å²) in [6.45, 7) is 0. The third-order valence-corrected chi connectivity index (χ3v) is 11.2.